The highest BCUT2D eigenvalue weighted by molar-refractivity contribution is 9.10. The lowest BCUT2D eigenvalue weighted by Gasteiger charge is -2.07. The Morgan fingerprint density at radius 1 is 1.08 bits per heavy atom. The molecule has 130 valence electrons. The number of halogens is 1. The van der Waals surface area contributed by atoms with Crippen molar-refractivity contribution in [1.29, 1.82) is 0 Å². The van der Waals surface area contributed by atoms with Gasteiger partial charge in [-0.3, -0.25) is 9.59 Å². The van der Waals surface area contributed by atoms with E-state index in [4.69, 9.17) is 4.74 Å². The minimum atomic E-state index is -0.257. The molecule has 0 saturated carbocycles. The van der Waals surface area contributed by atoms with Crippen LogP contribution in [0.3, 0.4) is 0 Å². The molecule has 0 aromatic heterocycles. The standard InChI is InChI=1S/C19H19BrN2O3/c1-3-18(23)21-15-6-8-16(9-7-15)22-19(24)11-4-13-12-14(20)5-10-17(13)25-2/h4-12H,3H2,1-2H3,(H,21,23)(H,22,24). The van der Waals surface area contributed by atoms with Gasteiger partial charge in [0.2, 0.25) is 11.8 Å². The van der Waals surface area contributed by atoms with Gasteiger partial charge < -0.3 is 15.4 Å². The van der Waals surface area contributed by atoms with E-state index in [0.29, 0.717) is 23.5 Å². The molecular formula is C19H19BrN2O3. The van der Waals surface area contributed by atoms with E-state index in [2.05, 4.69) is 26.6 Å². The second-order valence-corrected chi connectivity index (χ2v) is 6.10. The van der Waals surface area contributed by atoms with Gasteiger partial charge in [-0.2, -0.15) is 0 Å². The maximum absolute atomic E-state index is 12.1. The Balaban J connectivity index is 2.00. The van der Waals surface area contributed by atoms with E-state index >= 15 is 0 Å². The molecule has 2 aromatic rings. The van der Waals surface area contributed by atoms with E-state index in [-0.39, 0.29) is 11.8 Å². The predicted octanol–water partition coefficient (Wildman–Crippen LogP) is 4.46. The Morgan fingerprint density at radius 3 is 2.32 bits per heavy atom. The molecule has 2 aromatic carbocycles. The Kier molecular flexibility index (Phi) is 6.77. The van der Waals surface area contributed by atoms with Crippen LogP contribution in [-0.4, -0.2) is 18.9 Å². The summed E-state index contributed by atoms with van der Waals surface area (Å²) in [6, 6.07) is 12.5. The molecule has 0 bridgehead atoms. The van der Waals surface area contributed by atoms with Crippen LogP contribution in [0, 0.1) is 0 Å². The van der Waals surface area contributed by atoms with Crippen LogP contribution in [0.4, 0.5) is 11.4 Å². The molecule has 6 heteroatoms. The number of hydrogen-bond acceptors (Lipinski definition) is 3. The van der Waals surface area contributed by atoms with Crippen LogP contribution in [0.15, 0.2) is 53.0 Å². The minimum Gasteiger partial charge on any atom is -0.496 e. The Bertz CT molecular complexity index is 786. The first-order chi connectivity index (χ1) is 12.0. The zero-order valence-electron chi connectivity index (χ0n) is 14.0. The maximum Gasteiger partial charge on any atom is 0.248 e. The minimum absolute atomic E-state index is 0.0531. The quantitative estimate of drug-likeness (QED) is 0.700. The van der Waals surface area contributed by atoms with Crippen molar-refractivity contribution in [2.45, 2.75) is 13.3 Å². The number of carbonyl (C=O) groups is 2. The van der Waals surface area contributed by atoms with Crippen molar-refractivity contribution in [3.05, 3.63) is 58.6 Å². The molecule has 0 aliphatic heterocycles. The van der Waals surface area contributed by atoms with E-state index in [1.165, 1.54) is 6.08 Å². The largest absolute Gasteiger partial charge is 0.496 e. The first-order valence-electron chi connectivity index (χ1n) is 7.74. The molecule has 0 saturated heterocycles. The second kappa shape index (κ2) is 9.03. The number of benzene rings is 2. The average Bonchev–Trinajstić information content (AvgIpc) is 2.61. The van der Waals surface area contributed by atoms with Gasteiger partial charge in [0.25, 0.3) is 0 Å². The molecule has 0 radical (unpaired) electrons. The number of nitrogens with one attached hydrogen (secondary N) is 2. The topological polar surface area (TPSA) is 67.4 Å². The molecule has 0 unspecified atom stereocenters. The van der Waals surface area contributed by atoms with Crippen LogP contribution < -0.4 is 15.4 Å². The van der Waals surface area contributed by atoms with E-state index < -0.39 is 0 Å². The number of amides is 2. The van der Waals surface area contributed by atoms with Gasteiger partial charge in [0.1, 0.15) is 5.75 Å². The van der Waals surface area contributed by atoms with Crippen LogP contribution in [0.5, 0.6) is 5.75 Å². The predicted molar refractivity (Wildman–Crippen MR) is 104 cm³/mol. The van der Waals surface area contributed by atoms with Crippen molar-refractivity contribution in [1.82, 2.24) is 0 Å². The highest BCUT2D eigenvalue weighted by Crippen LogP contribution is 2.24. The molecule has 2 amide bonds. The zero-order valence-corrected chi connectivity index (χ0v) is 15.6. The van der Waals surface area contributed by atoms with Gasteiger partial charge in [0, 0.05) is 33.9 Å². The lowest BCUT2D eigenvalue weighted by molar-refractivity contribution is -0.116. The summed E-state index contributed by atoms with van der Waals surface area (Å²) in [5.74, 6) is 0.373. The summed E-state index contributed by atoms with van der Waals surface area (Å²) >= 11 is 3.40. The Hall–Kier alpha value is -2.60. The summed E-state index contributed by atoms with van der Waals surface area (Å²) in [5, 5.41) is 5.52. The third-order valence-electron chi connectivity index (χ3n) is 3.36. The molecular weight excluding hydrogens is 384 g/mol. The molecule has 0 aliphatic rings. The van der Waals surface area contributed by atoms with Crippen molar-refractivity contribution in [2.75, 3.05) is 17.7 Å². The fourth-order valence-corrected chi connectivity index (χ4v) is 2.45. The number of rotatable bonds is 6. The fourth-order valence-electron chi connectivity index (χ4n) is 2.07. The van der Waals surface area contributed by atoms with Crippen molar-refractivity contribution in [2.24, 2.45) is 0 Å². The SMILES string of the molecule is CCC(=O)Nc1ccc(NC(=O)C=Cc2cc(Br)ccc2OC)cc1. The summed E-state index contributed by atoms with van der Waals surface area (Å²) in [7, 11) is 1.58. The van der Waals surface area contributed by atoms with Crippen LogP contribution in [-0.2, 0) is 9.59 Å². The maximum atomic E-state index is 12.1. The lowest BCUT2D eigenvalue weighted by Crippen LogP contribution is -2.10. The van der Waals surface area contributed by atoms with Gasteiger partial charge in [0.05, 0.1) is 7.11 Å². The smallest absolute Gasteiger partial charge is 0.248 e. The molecule has 0 aliphatic carbocycles. The third-order valence-corrected chi connectivity index (χ3v) is 3.86. The van der Waals surface area contributed by atoms with Gasteiger partial charge in [-0.15, -0.1) is 0 Å². The highest BCUT2D eigenvalue weighted by atomic mass is 79.9. The van der Waals surface area contributed by atoms with Crippen LogP contribution in [0.1, 0.15) is 18.9 Å². The normalized spacial score (nSPS) is 10.5. The number of methoxy groups -OCH3 is 1. The van der Waals surface area contributed by atoms with Gasteiger partial charge in [-0.05, 0) is 48.5 Å². The number of hydrogen-bond donors (Lipinski definition) is 2. The van der Waals surface area contributed by atoms with Crippen LogP contribution >= 0.6 is 15.9 Å². The molecule has 0 atom stereocenters. The van der Waals surface area contributed by atoms with Crippen LogP contribution in [0.25, 0.3) is 6.08 Å². The van der Waals surface area contributed by atoms with Crippen LogP contribution in [0.2, 0.25) is 0 Å². The molecule has 0 heterocycles. The van der Waals surface area contributed by atoms with E-state index in [1.54, 1.807) is 44.4 Å². The fraction of sp³-hybridized carbons (Fsp3) is 0.158. The molecule has 5 nitrogen and oxygen atoms in total. The average molecular weight is 403 g/mol. The van der Waals surface area contributed by atoms with Gasteiger partial charge >= 0.3 is 0 Å². The number of ether oxygens (including phenoxy) is 1. The van der Waals surface area contributed by atoms with Gasteiger partial charge in [0.15, 0.2) is 0 Å². The summed E-state index contributed by atoms with van der Waals surface area (Å²) < 4.78 is 6.17. The summed E-state index contributed by atoms with van der Waals surface area (Å²) in [6.07, 6.45) is 3.55. The Labute approximate surface area is 155 Å². The first kappa shape index (κ1) is 18.7. The second-order valence-electron chi connectivity index (χ2n) is 5.19. The highest BCUT2D eigenvalue weighted by Gasteiger charge is 2.03. The van der Waals surface area contributed by atoms with Crippen molar-refractivity contribution < 1.29 is 14.3 Å². The Morgan fingerprint density at radius 2 is 1.72 bits per heavy atom. The van der Waals surface area contributed by atoms with Gasteiger partial charge in [-0.1, -0.05) is 22.9 Å². The number of carbonyl (C=O) groups excluding carboxylic acids is 2. The molecule has 2 N–H and O–H groups in total. The van der Waals surface area contributed by atoms with Gasteiger partial charge in [-0.25, -0.2) is 0 Å². The van der Waals surface area contributed by atoms with E-state index in [1.807, 2.05) is 18.2 Å². The zero-order chi connectivity index (χ0) is 18.2. The molecule has 2 rings (SSSR count). The molecule has 0 fully saturated rings. The third kappa shape index (κ3) is 5.76. The lowest BCUT2D eigenvalue weighted by atomic mass is 10.2. The van der Waals surface area contributed by atoms with Crippen molar-refractivity contribution in [3.8, 4) is 5.75 Å². The van der Waals surface area contributed by atoms with E-state index in [0.717, 1.165) is 10.0 Å². The van der Waals surface area contributed by atoms with Crippen molar-refractivity contribution in [3.63, 3.8) is 0 Å². The van der Waals surface area contributed by atoms with Crippen molar-refractivity contribution >= 4 is 45.2 Å². The summed E-state index contributed by atoms with van der Waals surface area (Å²) in [5.41, 5.74) is 2.13. The first-order valence-corrected chi connectivity index (χ1v) is 8.53. The molecule has 0 spiro atoms. The molecule has 25 heavy (non-hydrogen) atoms. The summed E-state index contributed by atoms with van der Waals surface area (Å²) in [6.45, 7) is 1.79. The monoisotopic (exact) mass is 402 g/mol. The summed E-state index contributed by atoms with van der Waals surface area (Å²) in [4.78, 5) is 23.4. The van der Waals surface area contributed by atoms with E-state index in [9.17, 15) is 9.59 Å². The number of anilines is 2.